The van der Waals surface area contributed by atoms with Crippen molar-refractivity contribution in [1.82, 2.24) is 8.87 Å². The number of aromatic nitrogens is 1. The van der Waals surface area contributed by atoms with E-state index in [-0.39, 0.29) is 11.5 Å². The fourth-order valence-corrected chi connectivity index (χ4v) is 2.89. The lowest BCUT2D eigenvalue weighted by molar-refractivity contribution is 0.0991. The van der Waals surface area contributed by atoms with Crippen molar-refractivity contribution in [3.63, 3.8) is 0 Å². The highest BCUT2D eigenvalue weighted by atomic mass is 35.5. The minimum absolute atomic E-state index is 0.000416. The van der Waals surface area contributed by atoms with Crippen LogP contribution in [0.5, 0.6) is 0 Å². The molecule has 1 heterocycles. The van der Waals surface area contributed by atoms with Crippen LogP contribution in [0.25, 0.3) is 0 Å². The Morgan fingerprint density at radius 1 is 1.40 bits per heavy atom. The van der Waals surface area contributed by atoms with Crippen LogP contribution in [-0.2, 0) is 16.6 Å². The highest BCUT2D eigenvalue weighted by molar-refractivity contribution is 7.89. The van der Waals surface area contributed by atoms with Gasteiger partial charge < -0.3 is 4.57 Å². The number of Topliss-reactive ketones (excluding diaryl/α,β-unsaturated/α-hetero) is 1. The molecular weight excluding hydrogens is 300 g/mol. The van der Waals surface area contributed by atoms with Crippen molar-refractivity contribution < 1.29 is 13.2 Å². The predicted octanol–water partition coefficient (Wildman–Crippen LogP) is 1.81. The molecule has 7 heteroatoms. The summed E-state index contributed by atoms with van der Waals surface area (Å²) in [5, 5.41) is -0.588. The molecule has 0 N–H and O–H groups in total. The summed E-state index contributed by atoms with van der Waals surface area (Å²) >= 11 is 5.83. The standard InChI is InChI=1S/C13H21ClN2O3S/c1-9-8-12(13(17)10(2)14)11(3)16(9)6-7-20(18,19)15(4)5/h8,10H,6-7H2,1-5H3. The van der Waals surface area contributed by atoms with Crippen molar-refractivity contribution in [1.29, 1.82) is 0 Å². The minimum atomic E-state index is -3.26. The Kier molecular flexibility index (Phi) is 5.40. The van der Waals surface area contributed by atoms with E-state index in [1.165, 1.54) is 18.4 Å². The summed E-state index contributed by atoms with van der Waals surface area (Å²) in [7, 11) is -0.238. The molecule has 114 valence electrons. The molecule has 0 spiro atoms. The van der Waals surface area contributed by atoms with Crippen LogP contribution in [0.1, 0.15) is 28.7 Å². The molecule has 0 amide bonds. The number of halogens is 1. The van der Waals surface area contributed by atoms with Gasteiger partial charge >= 0.3 is 0 Å². The molecule has 0 aliphatic rings. The van der Waals surface area contributed by atoms with Gasteiger partial charge in [-0.2, -0.15) is 0 Å². The maximum Gasteiger partial charge on any atom is 0.215 e. The molecule has 1 unspecified atom stereocenters. The van der Waals surface area contributed by atoms with Gasteiger partial charge in [0.1, 0.15) is 0 Å². The summed E-state index contributed by atoms with van der Waals surface area (Å²) < 4.78 is 26.6. The molecule has 20 heavy (non-hydrogen) atoms. The number of carbonyl (C=O) groups is 1. The Balaban J connectivity index is 3.02. The fourth-order valence-electron chi connectivity index (χ4n) is 2.00. The largest absolute Gasteiger partial charge is 0.347 e. The van der Waals surface area contributed by atoms with E-state index in [9.17, 15) is 13.2 Å². The van der Waals surface area contributed by atoms with Crippen LogP contribution in [0.2, 0.25) is 0 Å². The number of rotatable bonds is 6. The molecule has 5 nitrogen and oxygen atoms in total. The predicted molar refractivity (Wildman–Crippen MR) is 81.0 cm³/mol. The quantitative estimate of drug-likeness (QED) is 0.593. The summed E-state index contributed by atoms with van der Waals surface area (Å²) in [6, 6.07) is 1.76. The summed E-state index contributed by atoms with van der Waals surface area (Å²) in [5.74, 6) is -0.137. The second-order valence-corrected chi connectivity index (χ2v) is 7.97. The van der Waals surface area contributed by atoms with E-state index in [0.29, 0.717) is 12.1 Å². The van der Waals surface area contributed by atoms with Gasteiger partial charge in [0.25, 0.3) is 0 Å². The van der Waals surface area contributed by atoms with Crippen molar-refractivity contribution in [2.24, 2.45) is 0 Å². The molecule has 0 saturated heterocycles. The van der Waals surface area contributed by atoms with Gasteiger partial charge in [-0.3, -0.25) is 4.79 Å². The van der Waals surface area contributed by atoms with E-state index in [1.807, 2.05) is 18.4 Å². The Morgan fingerprint density at radius 2 is 1.95 bits per heavy atom. The first-order valence-electron chi connectivity index (χ1n) is 6.33. The molecule has 0 fully saturated rings. The van der Waals surface area contributed by atoms with E-state index in [0.717, 1.165) is 11.4 Å². The van der Waals surface area contributed by atoms with Gasteiger partial charge in [-0.05, 0) is 26.8 Å². The second kappa shape index (κ2) is 6.28. The number of alkyl halides is 1. The summed E-state index contributed by atoms with van der Waals surface area (Å²) in [6.45, 7) is 5.61. The number of nitrogens with zero attached hydrogens (tertiary/aromatic N) is 2. The van der Waals surface area contributed by atoms with Gasteiger partial charge in [-0.1, -0.05) is 0 Å². The molecule has 1 atom stereocenters. The maximum absolute atomic E-state index is 12.0. The normalized spacial score (nSPS) is 13.8. The topological polar surface area (TPSA) is 59.4 Å². The molecular formula is C13H21ClN2O3S. The van der Waals surface area contributed by atoms with Crippen LogP contribution in [0.4, 0.5) is 0 Å². The number of hydrogen-bond acceptors (Lipinski definition) is 3. The molecule has 0 saturated carbocycles. The fraction of sp³-hybridized carbons (Fsp3) is 0.615. The molecule has 0 aromatic carbocycles. The Labute approximate surface area is 125 Å². The van der Waals surface area contributed by atoms with Crippen LogP contribution in [0.15, 0.2) is 6.07 Å². The van der Waals surface area contributed by atoms with E-state index in [1.54, 1.807) is 13.0 Å². The summed E-state index contributed by atoms with van der Waals surface area (Å²) in [6.07, 6.45) is 0. The van der Waals surface area contributed by atoms with Gasteiger partial charge in [0.05, 0.1) is 11.1 Å². The van der Waals surface area contributed by atoms with Crippen LogP contribution in [-0.4, -0.2) is 48.3 Å². The lowest BCUT2D eigenvalue weighted by Crippen LogP contribution is -2.27. The number of hydrogen-bond donors (Lipinski definition) is 0. The van der Waals surface area contributed by atoms with Crippen molar-refractivity contribution in [3.8, 4) is 0 Å². The molecule has 1 aromatic heterocycles. The zero-order valence-electron chi connectivity index (χ0n) is 12.5. The van der Waals surface area contributed by atoms with Crippen molar-refractivity contribution in [2.45, 2.75) is 32.7 Å². The first-order valence-corrected chi connectivity index (χ1v) is 8.37. The van der Waals surface area contributed by atoms with Crippen LogP contribution in [0.3, 0.4) is 0 Å². The smallest absolute Gasteiger partial charge is 0.215 e. The Bertz CT molecular complexity index is 603. The van der Waals surface area contributed by atoms with E-state index < -0.39 is 15.4 Å². The third-order valence-corrected chi connectivity index (χ3v) is 5.34. The Morgan fingerprint density at radius 3 is 2.40 bits per heavy atom. The van der Waals surface area contributed by atoms with Gasteiger partial charge in [0.15, 0.2) is 5.78 Å². The van der Waals surface area contributed by atoms with Crippen molar-refractivity contribution >= 4 is 27.4 Å². The molecule has 0 radical (unpaired) electrons. The first kappa shape index (κ1) is 17.2. The molecule has 1 aromatic rings. The molecule has 1 rings (SSSR count). The zero-order chi connectivity index (χ0) is 15.7. The van der Waals surface area contributed by atoms with Gasteiger partial charge in [0.2, 0.25) is 10.0 Å². The molecule has 0 aliphatic carbocycles. The van der Waals surface area contributed by atoms with Crippen LogP contribution < -0.4 is 0 Å². The van der Waals surface area contributed by atoms with Gasteiger partial charge in [-0.15, -0.1) is 11.6 Å². The number of aryl methyl sites for hydroxylation is 1. The van der Waals surface area contributed by atoms with Crippen molar-refractivity contribution in [3.05, 3.63) is 23.0 Å². The van der Waals surface area contributed by atoms with E-state index in [4.69, 9.17) is 11.6 Å². The zero-order valence-corrected chi connectivity index (χ0v) is 14.0. The molecule has 0 aliphatic heterocycles. The second-order valence-electron chi connectivity index (χ2n) is 5.02. The van der Waals surface area contributed by atoms with Gasteiger partial charge in [-0.25, -0.2) is 12.7 Å². The molecule has 0 bridgehead atoms. The highest BCUT2D eigenvalue weighted by Crippen LogP contribution is 2.18. The van der Waals surface area contributed by atoms with Crippen LogP contribution >= 0.6 is 11.6 Å². The average Bonchev–Trinajstić information content (AvgIpc) is 2.61. The SMILES string of the molecule is Cc1cc(C(=O)C(C)Cl)c(C)n1CCS(=O)(=O)N(C)C. The lowest BCUT2D eigenvalue weighted by Gasteiger charge is -2.14. The third-order valence-electron chi connectivity index (χ3n) is 3.33. The maximum atomic E-state index is 12.0. The minimum Gasteiger partial charge on any atom is -0.347 e. The summed E-state index contributed by atoms with van der Waals surface area (Å²) in [4.78, 5) is 12.0. The number of sulfonamides is 1. The number of carbonyl (C=O) groups excluding carboxylic acids is 1. The third kappa shape index (κ3) is 3.62. The highest BCUT2D eigenvalue weighted by Gasteiger charge is 2.21. The Hall–Kier alpha value is -0.850. The monoisotopic (exact) mass is 320 g/mol. The van der Waals surface area contributed by atoms with E-state index in [2.05, 4.69) is 0 Å². The van der Waals surface area contributed by atoms with Crippen molar-refractivity contribution in [2.75, 3.05) is 19.8 Å². The number of ketones is 1. The van der Waals surface area contributed by atoms with E-state index >= 15 is 0 Å². The summed E-state index contributed by atoms with van der Waals surface area (Å²) in [5.41, 5.74) is 2.18. The van der Waals surface area contributed by atoms with Gasteiger partial charge in [0, 0.05) is 37.6 Å². The lowest BCUT2D eigenvalue weighted by atomic mass is 10.1. The van der Waals surface area contributed by atoms with Crippen LogP contribution in [0, 0.1) is 13.8 Å². The first-order chi connectivity index (χ1) is 9.08. The average molecular weight is 321 g/mol.